The number of ketones is 1. The number of carbonyl (C=O) groups excluding carboxylic acids is 2. The van der Waals surface area contributed by atoms with Gasteiger partial charge in [-0.2, -0.15) is 0 Å². The van der Waals surface area contributed by atoms with E-state index in [0.717, 1.165) is 10.0 Å². The van der Waals surface area contributed by atoms with Crippen molar-refractivity contribution in [2.75, 3.05) is 13.7 Å². The Kier molecular flexibility index (Phi) is 7.04. The van der Waals surface area contributed by atoms with Crippen molar-refractivity contribution in [3.8, 4) is 5.75 Å². The molecule has 6 nitrogen and oxygen atoms in total. The third-order valence-corrected chi connectivity index (χ3v) is 3.83. The fraction of sp³-hybridized carbons (Fsp3) is 0.400. The normalized spacial score (nSPS) is 11.6. The molecular weight excluding hydrogens is 356 g/mol. The number of ether oxygens (including phenoxy) is 2. The van der Waals surface area contributed by atoms with Gasteiger partial charge in [-0.1, -0.05) is 15.9 Å². The van der Waals surface area contributed by atoms with E-state index in [9.17, 15) is 14.4 Å². The molecule has 0 aliphatic carbocycles. The molecule has 0 aliphatic rings. The summed E-state index contributed by atoms with van der Waals surface area (Å²) in [6.45, 7) is 1.68. The first-order valence-corrected chi connectivity index (χ1v) is 7.46. The van der Waals surface area contributed by atoms with Crippen LogP contribution in [0, 0.1) is 5.92 Å². The van der Waals surface area contributed by atoms with Crippen LogP contribution in [0.2, 0.25) is 0 Å². The van der Waals surface area contributed by atoms with Gasteiger partial charge >= 0.3 is 11.9 Å². The Balaban J connectivity index is 2.89. The predicted molar refractivity (Wildman–Crippen MR) is 81.8 cm³/mol. The Morgan fingerprint density at radius 2 is 2.00 bits per heavy atom. The lowest BCUT2D eigenvalue weighted by molar-refractivity contribution is -0.159. The fourth-order valence-electron chi connectivity index (χ4n) is 1.92. The van der Waals surface area contributed by atoms with E-state index in [1.807, 2.05) is 0 Å². The number of halogens is 1. The van der Waals surface area contributed by atoms with Crippen molar-refractivity contribution in [3.05, 3.63) is 28.2 Å². The van der Waals surface area contributed by atoms with Gasteiger partial charge in [0, 0.05) is 4.47 Å². The maximum absolute atomic E-state index is 11.8. The summed E-state index contributed by atoms with van der Waals surface area (Å²) < 4.78 is 10.7. The molecule has 120 valence electrons. The minimum Gasteiger partial charge on any atom is -0.497 e. The molecule has 0 fully saturated rings. The van der Waals surface area contributed by atoms with Gasteiger partial charge in [0.25, 0.3) is 5.78 Å². The Bertz CT molecular complexity index is 569. The van der Waals surface area contributed by atoms with Crippen LogP contribution in [0.25, 0.3) is 0 Å². The Morgan fingerprint density at radius 3 is 2.55 bits per heavy atom. The number of Topliss-reactive ketones (excluding diaryl/α,β-unsaturated/α-hetero) is 1. The first-order valence-electron chi connectivity index (χ1n) is 6.66. The van der Waals surface area contributed by atoms with Gasteiger partial charge in [0.15, 0.2) is 0 Å². The average Bonchev–Trinajstić information content (AvgIpc) is 2.49. The molecule has 1 rings (SSSR count). The number of carboxylic acid groups (broad SMARTS) is 1. The van der Waals surface area contributed by atoms with Crippen LogP contribution in [-0.4, -0.2) is 36.5 Å². The standard InChI is InChI=1S/C15H17BrO6/c1-3-22-15(20)11(13(17)14(18)19)6-4-9-8-10(21-2)5-7-12(9)16/h5,7-8,11H,3-4,6H2,1-2H3,(H,18,19). The third kappa shape index (κ3) is 4.84. The van der Waals surface area contributed by atoms with Crippen LogP contribution in [0.4, 0.5) is 0 Å². The average molecular weight is 373 g/mol. The highest BCUT2D eigenvalue weighted by atomic mass is 79.9. The van der Waals surface area contributed by atoms with Crippen molar-refractivity contribution >= 4 is 33.7 Å². The van der Waals surface area contributed by atoms with Crippen molar-refractivity contribution in [1.29, 1.82) is 0 Å². The van der Waals surface area contributed by atoms with Crippen LogP contribution in [-0.2, 0) is 25.5 Å². The maximum atomic E-state index is 11.8. The topological polar surface area (TPSA) is 89.9 Å². The Labute approximate surface area is 136 Å². The van der Waals surface area contributed by atoms with Crippen LogP contribution in [0.5, 0.6) is 5.75 Å². The molecule has 0 aliphatic heterocycles. The van der Waals surface area contributed by atoms with E-state index >= 15 is 0 Å². The molecule has 0 saturated carbocycles. The summed E-state index contributed by atoms with van der Waals surface area (Å²) in [7, 11) is 1.53. The third-order valence-electron chi connectivity index (χ3n) is 3.05. The number of aryl methyl sites for hydroxylation is 1. The summed E-state index contributed by atoms with van der Waals surface area (Å²) in [6, 6.07) is 5.31. The molecule has 22 heavy (non-hydrogen) atoms. The van der Waals surface area contributed by atoms with Gasteiger partial charge in [0.2, 0.25) is 0 Å². The van der Waals surface area contributed by atoms with E-state index in [4.69, 9.17) is 14.6 Å². The lowest BCUT2D eigenvalue weighted by Gasteiger charge is -2.13. The quantitative estimate of drug-likeness (QED) is 0.427. The van der Waals surface area contributed by atoms with Gasteiger partial charge in [-0.15, -0.1) is 0 Å². The molecule has 1 aromatic rings. The summed E-state index contributed by atoms with van der Waals surface area (Å²) >= 11 is 3.37. The van der Waals surface area contributed by atoms with Crippen LogP contribution >= 0.6 is 15.9 Å². The number of aliphatic carboxylic acids is 1. The van der Waals surface area contributed by atoms with Crippen molar-refractivity contribution < 1.29 is 29.0 Å². The van der Waals surface area contributed by atoms with Gasteiger partial charge in [-0.05, 0) is 43.5 Å². The fourth-order valence-corrected chi connectivity index (χ4v) is 2.36. The molecule has 0 aromatic heterocycles. The zero-order chi connectivity index (χ0) is 16.7. The molecule has 0 saturated heterocycles. The zero-order valence-electron chi connectivity index (χ0n) is 12.3. The number of esters is 1. The van der Waals surface area contributed by atoms with Crippen molar-refractivity contribution in [1.82, 2.24) is 0 Å². The zero-order valence-corrected chi connectivity index (χ0v) is 13.9. The molecule has 0 spiro atoms. The summed E-state index contributed by atoms with van der Waals surface area (Å²) in [5.41, 5.74) is 0.812. The van der Waals surface area contributed by atoms with Gasteiger partial charge in [-0.25, -0.2) is 4.79 Å². The molecule has 0 amide bonds. The lowest BCUT2D eigenvalue weighted by Crippen LogP contribution is -2.32. The molecule has 1 N–H and O–H groups in total. The highest BCUT2D eigenvalue weighted by molar-refractivity contribution is 9.10. The second kappa shape index (κ2) is 8.53. The predicted octanol–water partition coefficient (Wildman–Crippen LogP) is 2.22. The Morgan fingerprint density at radius 1 is 1.32 bits per heavy atom. The van der Waals surface area contributed by atoms with E-state index in [0.29, 0.717) is 12.2 Å². The summed E-state index contributed by atoms with van der Waals surface area (Å²) in [5.74, 6) is -4.28. The van der Waals surface area contributed by atoms with Gasteiger partial charge < -0.3 is 14.6 Å². The summed E-state index contributed by atoms with van der Waals surface area (Å²) in [4.78, 5) is 34.3. The molecule has 1 atom stereocenters. The Hall–Kier alpha value is -1.89. The highest BCUT2D eigenvalue weighted by Gasteiger charge is 2.32. The maximum Gasteiger partial charge on any atom is 0.373 e. The number of methoxy groups -OCH3 is 1. The van der Waals surface area contributed by atoms with Crippen LogP contribution in [0.3, 0.4) is 0 Å². The van der Waals surface area contributed by atoms with Crippen molar-refractivity contribution in [2.45, 2.75) is 19.8 Å². The summed E-state index contributed by atoms with van der Waals surface area (Å²) in [5, 5.41) is 8.82. The van der Waals surface area contributed by atoms with E-state index in [-0.39, 0.29) is 13.0 Å². The number of hydrogen-bond donors (Lipinski definition) is 1. The molecular formula is C15H17BrO6. The molecule has 0 bridgehead atoms. The van der Waals surface area contributed by atoms with Crippen LogP contribution in [0.1, 0.15) is 18.9 Å². The van der Waals surface area contributed by atoms with Gasteiger partial charge in [0.05, 0.1) is 13.7 Å². The second-order valence-corrected chi connectivity index (χ2v) is 5.32. The van der Waals surface area contributed by atoms with Gasteiger partial charge in [0.1, 0.15) is 11.7 Å². The van der Waals surface area contributed by atoms with E-state index in [2.05, 4.69) is 15.9 Å². The molecule has 0 radical (unpaired) electrons. The monoisotopic (exact) mass is 372 g/mol. The molecule has 1 unspecified atom stereocenters. The second-order valence-electron chi connectivity index (χ2n) is 4.47. The van der Waals surface area contributed by atoms with Crippen molar-refractivity contribution in [2.24, 2.45) is 5.92 Å². The number of carbonyl (C=O) groups is 3. The number of carboxylic acids is 1. The van der Waals surface area contributed by atoms with Crippen molar-refractivity contribution in [3.63, 3.8) is 0 Å². The first kappa shape index (κ1) is 18.2. The number of rotatable bonds is 8. The minimum absolute atomic E-state index is 0.0513. The smallest absolute Gasteiger partial charge is 0.373 e. The van der Waals surface area contributed by atoms with Gasteiger partial charge in [-0.3, -0.25) is 9.59 Å². The number of benzene rings is 1. The van der Waals surface area contributed by atoms with Crippen LogP contribution in [0.15, 0.2) is 22.7 Å². The molecule has 0 heterocycles. The highest BCUT2D eigenvalue weighted by Crippen LogP contribution is 2.25. The van der Waals surface area contributed by atoms with E-state index in [1.165, 1.54) is 7.11 Å². The number of hydrogen-bond acceptors (Lipinski definition) is 5. The summed E-state index contributed by atoms with van der Waals surface area (Å²) in [6.07, 6.45) is 0.385. The molecule has 7 heteroatoms. The SMILES string of the molecule is CCOC(=O)C(CCc1cc(OC)ccc1Br)C(=O)C(=O)O. The molecule has 1 aromatic carbocycles. The van der Waals surface area contributed by atoms with Crippen LogP contribution < -0.4 is 4.74 Å². The van der Waals surface area contributed by atoms with E-state index in [1.54, 1.807) is 25.1 Å². The minimum atomic E-state index is -1.64. The van der Waals surface area contributed by atoms with E-state index < -0.39 is 23.6 Å². The largest absolute Gasteiger partial charge is 0.497 e. The first-order chi connectivity index (χ1) is 10.4. The lowest BCUT2D eigenvalue weighted by atomic mass is 9.95.